The monoisotopic (exact) mass is 344 g/mol. The molecule has 23 heavy (non-hydrogen) atoms. The molecular formula is C15H15F3N2O2S. The van der Waals surface area contributed by atoms with Gasteiger partial charge in [0.1, 0.15) is 6.54 Å². The fourth-order valence-electron chi connectivity index (χ4n) is 2.87. The minimum absolute atomic E-state index is 0.0502. The summed E-state index contributed by atoms with van der Waals surface area (Å²) in [5, 5.41) is 0. The van der Waals surface area contributed by atoms with E-state index in [0.717, 1.165) is 16.0 Å². The van der Waals surface area contributed by atoms with Crippen molar-refractivity contribution in [1.82, 2.24) is 9.47 Å². The summed E-state index contributed by atoms with van der Waals surface area (Å²) in [4.78, 5) is 25.3. The van der Waals surface area contributed by atoms with Gasteiger partial charge in [0, 0.05) is 13.1 Å². The summed E-state index contributed by atoms with van der Waals surface area (Å²) < 4.78 is 40.6. The predicted molar refractivity (Wildman–Crippen MR) is 81.4 cm³/mol. The number of para-hydroxylation sites is 1. The minimum Gasteiger partial charge on any atom is -0.341 e. The Balaban J connectivity index is 1.78. The second-order valence-corrected chi connectivity index (χ2v) is 6.64. The summed E-state index contributed by atoms with van der Waals surface area (Å²) in [7, 11) is 0. The van der Waals surface area contributed by atoms with Gasteiger partial charge in [-0.05, 0) is 25.0 Å². The van der Waals surface area contributed by atoms with Crippen molar-refractivity contribution in [3.05, 3.63) is 33.9 Å². The predicted octanol–water partition coefficient (Wildman–Crippen LogP) is 2.86. The lowest BCUT2D eigenvalue weighted by molar-refractivity contribution is -0.188. The largest absolute Gasteiger partial charge is 0.393 e. The van der Waals surface area contributed by atoms with Gasteiger partial charge >= 0.3 is 11.0 Å². The highest BCUT2D eigenvalue weighted by Crippen LogP contribution is 2.33. The molecule has 1 aliphatic rings. The Morgan fingerprint density at radius 2 is 2.04 bits per heavy atom. The zero-order valence-corrected chi connectivity index (χ0v) is 13.0. The molecule has 2 aromatic rings. The maximum atomic E-state index is 12.8. The Labute approximate surface area is 134 Å². The zero-order chi connectivity index (χ0) is 16.6. The smallest absolute Gasteiger partial charge is 0.341 e. The van der Waals surface area contributed by atoms with Gasteiger partial charge in [0.15, 0.2) is 0 Å². The van der Waals surface area contributed by atoms with Gasteiger partial charge in [-0.3, -0.25) is 14.2 Å². The molecule has 2 heterocycles. The van der Waals surface area contributed by atoms with Crippen LogP contribution in [-0.2, 0) is 11.3 Å². The lowest BCUT2D eigenvalue weighted by Gasteiger charge is -2.33. The second-order valence-electron chi connectivity index (χ2n) is 5.64. The van der Waals surface area contributed by atoms with Gasteiger partial charge in [-0.1, -0.05) is 23.5 Å². The number of alkyl halides is 3. The van der Waals surface area contributed by atoms with Gasteiger partial charge in [0.25, 0.3) is 0 Å². The first-order chi connectivity index (χ1) is 10.9. The van der Waals surface area contributed by atoms with E-state index in [1.807, 2.05) is 0 Å². The number of nitrogens with zero attached hydrogens (tertiary/aromatic N) is 2. The van der Waals surface area contributed by atoms with Gasteiger partial charge in [0.05, 0.1) is 16.1 Å². The Morgan fingerprint density at radius 3 is 2.78 bits per heavy atom. The second kappa shape index (κ2) is 5.99. The Morgan fingerprint density at radius 1 is 1.30 bits per heavy atom. The Kier molecular flexibility index (Phi) is 4.18. The average molecular weight is 344 g/mol. The van der Waals surface area contributed by atoms with Crippen molar-refractivity contribution in [3.63, 3.8) is 0 Å². The van der Waals surface area contributed by atoms with E-state index in [4.69, 9.17) is 0 Å². The number of thiazole rings is 1. The minimum atomic E-state index is -4.29. The molecule has 1 fully saturated rings. The van der Waals surface area contributed by atoms with E-state index < -0.39 is 18.0 Å². The molecule has 124 valence electrons. The van der Waals surface area contributed by atoms with Crippen LogP contribution < -0.4 is 4.87 Å². The Bertz CT molecular complexity index is 781. The number of carbonyl (C=O) groups is 1. The number of aromatic nitrogens is 1. The topological polar surface area (TPSA) is 42.3 Å². The molecule has 0 N–H and O–H groups in total. The van der Waals surface area contributed by atoms with E-state index in [-0.39, 0.29) is 24.4 Å². The number of carbonyl (C=O) groups excluding carboxylic acids is 1. The molecule has 4 nitrogen and oxygen atoms in total. The number of fused-ring (bicyclic) bond motifs is 1. The summed E-state index contributed by atoms with van der Waals surface area (Å²) in [6, 6.07) is 7.07. The lowest BCUT2D eigenvalue weighted by atomic mass is 9.97. The van der Waals surface area contributed by atoms with E-state index in [2.05, 4.69) is 0 Å². The van der Waals surface area contributed by atoms with E-state index in [0.29, 0.717) is 18.5 Å². The highest BCUT2D eigenvalue weighted by Gasteiger charge is 2.42. The molecule has 0 unspecified atom stereocenters. The van der Waals surface area contributed by atoms with Gasteiger partial charge in [0.2, 0.25) is 5.91 Å². The van der Waals surface area contributed by atoms with Crippen LogP contribution in [0.15, 0.2) is 29.1 Å². The van der Waals surface area contributed by atoms with Crippen molar-refractivity contribution in [2.75, 3.05) is 13.1 Å². The first kappa shape index (κ1) is 16.0. The van der Waals surface area contributed by atoms with Crippen LogP contribution in [0, 0.1) is 5.92 Å². The number of hydrogen-bond donors (Lipinski definition) is 0. The normalized spacial score (nSPS) is 19.3. The van der Waals surface area contributed by atoms with Crippen molar-refractivity contribution >= 4 is 27.5 Å². The maximum absolute atomic E-state index is 12.8. The number of rotatable bonds is 2. The average Bonchev–Trinajstić information content (AvgIpc) is 2.83. The highest BCUT2D eigenvalue weighted by molar-refractivity contribution is 7.16. The molecule has 1 atom stereocenters. The molecule has 8 heteroatoms. The molecule has 1 amide bonds. The van der Waals surface area contributed by atoms with Gasteiger partial charge in [-0.15, -0.1) is 0 Å². The standard InChI is InChI=1S/C15H15F3N2O2S/c16-15(17,18)10-4-3-7-19(8-10)13(21)9-20-11-5-1-2-6-12(11)23-14(20)22/h1-2,5-6,10H,3-4,7-9H2/t10-/m1/s1. The van der Waals surface area contributed by atoms with Crippen LogP contribution in [0.5, 0.6) is 0 Å². The number of hydrogen-bond acceptors (Lipinski definition) is 3. The molecule has 0 aliphatic carbocycles. The first-order valence-corrected chi connectivity index (χ1v) is 8.11. The molecule has 0 saturated carbocycles. The van der Waals surface area contributed by atoms with E-state index in [1.165, 1.54) is 9.47 Å². The van der Waals surface area contributed by atoms with Crippen LogP contribution in [0.4, 0.5) is 13.2 Å². The van der Waals surface area contributed by atoms with Gasteiger partial charge < -0.3 is 4.90 Å². The molecule has 1 saturated heterocycles. The van der Waals surface area contributed by atoms with Crippen molar-refractivity contribution in [1.29, 1.82) is 0 Å². The molecular weight excluding hydrogens is 329 g/mol. The quantitative estimate of drug-likeness (QED) is 0.841. The third-order valence-electron chi connectivity index (χ3n) is 4.10. The Hall–Kier alpha value is -1.83. The lowest BCUT2D eigenvalue weighted by Crippen LogP contribution is -2.46. The van der Waals surface area contributed by atoms with Crippen LogP contribution in [0.25, 0.3) is 10.2 Å². The summed E-state index contributed by atoms with van der Waals surface area (Å²) in [6.07, 6.45) is -3.91. The fraction of sp³-hybridized carbons (Fsp3) is 0.467. The van der Waals surface area contributed by atoms with Crippen molar-refractivity contribution in [2.45, 2.75) is 25.6 Å². The number of likely N-dealkylation sites (tertiary alicyclic amines) is 1. The number of halogens is 3. The highest BCUT2D eigenvalue weighted by atomic mass is 32.1. The molecule has 0 bridgehead atoms. The maximum Gasteiger partial charge on any atom is 0.393 e. The van der Waals surface area contributed by atoms with Gasteiger partial charge in [-0.2, -0.15) is 13.2 Å². The van der Waals surface area contributed by atoms with E-state index in [1.54, 1.807) is 24.3 Å². The van der Waals surface area contributed by atoms with Crippen LogP contribution in [-0.4, -0.2) is 34.6 Å². The molecule has 1 aliphatic heterocycles. The van der Waals surface area contributed by atoms with Crippen LogP contribution in [0.1, 0.15) is 12.8 Å². The van der Waals surface area contributed by atoms with Crippen molar-refractivity contribution in [3.8, 4) is 0 Å². The molecule has 0 spiro atoms. The third kappa shape index (κ3) is 3.26. The van der Waals surface area contributed by atoms with Crippen LogP contribution in [0.3, 0.4) is 0 Å². The fourth-order valence-corrected chi connectivity index (χ4v) is 3.76. The summed E-state index contributed by atoms with van der Waals surface area (Å²) in [6.45, 7) is -0.227. The first-order valence-electron chi connectivity index (χ1n) is 7.29. The molecule has 0 radical (unpaired) electrons. The summed E-state index contributed by atoms with van der Waals surface area (Å²) in [5.41, 5.74) is 0.639. The SMILES string of the molecule is O=C(Cn1c(=O)sc2ccccc21)N1CCC[C@@H](C(F)(F)F)C1. The zero-order valence-electron chi connectivity index (χ0n) is 12.2. The van der Waals surface area contributed by atoms with Gasteiger partial charge in [-0.25, -0.2) is 0 Å². The van der Waals surface area contributed by atoms with Crippen molar-refractivity contribution < 1.29 is 18.0 Å². The van der Waals surface area contributed by atoms with Crippen LogP contribution in [0.2, 0.25) is 0 Å². The summed E-state index contributed by atoms with van der Waals surface area (Å²) in [5.74, 6) is -1.92. The number of amides is 1. The molecule has 1 aromatic carbocycles. The van der Waals surface area contributed by atoms with Crippen molar-refractivity contribution in [2.24, 2.45) is 5.92 Å². The number of benzene rings is 1. The summed E-state index contributed by atoms with van der Waals surface area (Å²) >= 11 is 1.03. The van der Waals surface area contributed by atoms with E-state index in [9.17, 15) is 22.8 Å². The third-order valence-corrected chi connectivity index (χ3v) is 5.06. The van der Waals surface area contributed by atoms with E-state index >= 15 is 0 Å². The van der Waals surface area contributed by atoms with Crippen LogP contribution >= 0.6 is 11.3 Å². The number of piperidine rings is 1. The molecule has 3 rings (SSSR count). The molecule has 1 aromatic heterocycles.